The minimum Gasteiger partial charge on any atom is -0.493 e. The molecule has 3 amide bonds. The van der Waals surface area contributed by atoms with Crippen LogP contribution in [0.3, 0.4) is 0 Å². The number of rotatable bonds is 63. The number of ether oxygens (including phenoxy) is 6. The molecule has 0 spiro atoms. The van der Waals surface area contributed by atoms with Gasteiger partial charge < -0.3 is 75.0 Å². The lowest BCUT2D eigenvalue weighted by molar-refractivity contribution is 0.142. The molecule has 4 rings (SSSR count). The van der Waals surface area contributed by atoms with Crippen LogP contribution in [-0.2, 0) is 53.9 Å². The minimum atomic E-state index is -0.405. The normalized spacial score (nSPS) is 11.3. The number of aliphatic hydroxyl groups excluding tert-OH is 6. The van der Waals surface area contributed by atoms with Gasteiger partial charge in [-0.2, -0.15) is 0 Å². The Labute approximate surface area is 613 Å². The molecule has 0 heterocycles. The smallest absolute Gasteiger partial charge is 0.407 e. The molecule has 0 aliphatic heterocycles. The Morgan fingerprint density at radius 1 is 0.245 bits per heavy atom. The van der Waals surface area contributed by atoms with Gasteiger partial charge in [-0.3, -0.25) is 0 Å². The van der Waals surface area contributed by atoms with Crippen LogP contribution in [0.1, 0.15) is 305 Å². The Morgan fingerprint density at radius 3 is 0.627 bits per heavy atom. The first-order chi connectivity index (χ1) is 50.1. The molecule has 18 heteroatoms. The van der Waals surface area contributed by atoms with E-state index in [4.69, 9.17) is 28.4 Å². The van der Waals surface area contributed by atoms with Crippen molar-refractivity contribution in [2.45, 2.75) is 311 Å². The highest BCUT2D eigenvalue weighted by molar-refractivity contribution is 5.83. The molecule has 0 fully saturated rings. The van der Waals surface area contributed by atoms with E-state index in [0.717, 1.165) is 57.8 Å². The number of alkyl carbamates (subject to hydrolysis) is 3. The Kier molecular flexibility index (Phi) is 50.3. The molecule has 4 aromatic carbocycles. The highest BCUT2D eigenvalue weighted by atomic mass is 16.6. The maximum absolute atomic E-state index is 12.3. The van der Waals surface area contributed by atoms with Crippen LogP contribution < -0.4 is 30.2 Å². The first kappa shape index (κ1) is 88.2. The summed E-state index contributed by atoms with van der Waals surface area (Å²) in [5.74, 6) is 1.14. The average molecular weight is 1430 g/mol. The van der Waals surface area contributed by atoms with Crippen LogP contribution in [0.5, 0.6) is 17.2 Å². The molecule has 0 saturated carbocycles. The van der Waals surface area contributed by atoms with Crippen molar-refractivity contribution in [3.8, 4) is 50.6 Å². The third-order valence-electron chi connectivity index (χ3n) is 18.9. The fourth-order valence-corrected chi connectivity index (χ4v) is 12.9. The highest BCUT2D eigenvalue weighted by Gasteiger charge is 2.20. The Hall–Kier alpha value is -6.15. The van der Waals surface area contributed by atoms with E-state index in [2.05, 4.69) is 36.7 Å². The van der Waals surface area contributed by atoms with Crippen molar-refractivity contribution in [1.82, 2.24) is 16.0 Å². The van der Waals surface area contributed by atoms with E-state index in [0.29, 0.717) is 162 Å². The molecule has 102 heavy (non-hydrogen) atoms. The lowest BCUT2D eigenvalue weighted by Crippen LogP contribution is -2.25. The summed E-state index contributed by atoms with van der Waals surface area (Å²) in [5.41, 5.74) is 6.80. The third kappa shape index (κ3) is 37.5. The number of carbonyl (C=O) groups excluding carboxylic acids is 3. The van der Waals surface area contributed by atoms with Crippen LogP contribution in [0.4, 0.5) is 14.4 Å². The van der Waals surface area contributed by atoms with Gasteiger partial charge in [0.25, 0.3) is 0 Å². The summed E-state index contributed by atoms with van der Waals surface area (Å²) in [5, 5.41) is 73.9. The SMILES string of the molecule is CCCCCCCCCCCCNC(=O)OCCCCCOc1c(CO)cc(-c2cc(-c3cc(CO)c(OCCCCCOC(=O)NCCCCCCCCCCCC)c(CO)c3)cc(-c3cc(CO)c(OCCCCCOC(=O)NCCCCCCCCCCCC)c(CO)c3)c2)cc1CO. The molecular weight excluding hydrogens is 1290 g/mol. The number of hydrogen-bond acceptors (Lipinski definition) is 15. The largest absolute Gasteiger partial charge is 0.493 e. The van der Waals surface area contributed by atoms with Gasteiger partial charge in [0.15, 0.2) is 0 Å². The number of unbranched alkanes of at least 4 members (excludes halogenated alkanes) is 33. The quantitative estimate of drug-likeness (QED) is 0.0147. The molecule has 0 aliphatic carbocycles. The summed E-state index contributed by atoms with van der Waals surface area (Å²) in [4.78, 5) is 37.0. The Morgan fingerprint density at radius 2 is 0.422 bits per heavy atom. The van der Waals surface area contributed by atoms with E-state index in [-0.39, 0.29) is 59.5 Å². The van der Waals surface area contributed by atoms with Crippen LogP contribution in [0, 0.1) is 0 Å². The molecule has 0 atom stereocenters. The number of nitrogens with one attached hydrogen (secondary N) is 3. The first-order valence-corrected chi connectivity index (χ1v) is 40.0. The number of carbonyl (C=O) groups is 3. The molecule has 576 valence electrons. The maximum Gasteiger partial charge on any atom is 0.407 e. The monoisotopic (exact) mass is 1430 g/mol. The third-order valence-corrected chi connectivity index (χ3v) is 18.9. The molecule has 0 unspecified atom stereocenters. The van der Waals surface area contributed by atoms with Gasteiger partial charge in [0.2, 0.25) is 0 Å². The molecule has 9 N–H and O–H groups in total. The van der Waals surface area contributed by atoms with E-state index in [1.165, 1.54) is 154 Å². The number of aliphatic hydroxyl groups is 6. The van der Waals surface area contributed by atoms with Gasteiger partial charge in [-0.1, -0.05) is 194 Å². The van der Waals surface area contributed by atoms with Crippen molar-refractivity contribution in [1.29, 1.82) is 0 Å². The standard InChI is InChI=1S/C84H135N3O15/c1-4-7-10-13-16-19-22-25-28-34-43-85-82(94)100-49-40-31-37-46-97-79-73(61-88)55-70(56-74(79)62-89)67-52-68(71-57-75(63-90)80(76(58-71)64-91)98-47-38-32-41-50-101-83(95)86-44-35-29-26-23-20-17-14-11-8-5-2)54-69(53-67)72-59-77(65-92)81(78(60-72)66-93)99-48-39-33-42-51-102-84(96)87-45-36-30-27-24-21-18-15-12-9-6-3/h52-60,88-93H,4-51,61-66H2,1-3H3,(H,85,94)(H,86,95)(H,87,96). The van der Waals surface area contributed by atoms with Gasteiger partial charge in [-0.15, -0.1) is 0 Å². The fourth-order valence-electron chi connectivity index (χ4n) is 12.9. The van der Waals surface area contributed by atoms with Crippen LogP contribution >= 0.6 is 0 Å². The zero-order valence-electron chi connectivity index (χ0n) is 63.2. The van der Waals surface area contributed by atoms with Crippen molar-refractivity contribution < 1.29 is 73.4 Å². The summed E-state index contributed by atoms with van der Waals surface area (Å²) in [6.45, 7) is 7.94. The second kappa shape index (κ2) is 58.2. The van der Waals surface area contributed by atoms with Crippen molar-refractivity contribution in [2.75, 3.05) is 59.3 Å². The molecule has 0 aliphatic rings. The zero-order valence-corrected chi connectivity index (χ0v) is 63.2. The van der Waals surface area contributed by atoms with Crippen LogP contribution in [0.15, 0.2) is 54.6 Å². The summed E-state index contributed by atoms with van der Waals surface area (Å²) in [6, 6.07) is 16.8. The van der Waals surface area contributed by atoms with E-state index >= 15 is 0 Å². The summed E-state index contributed by atoms with van der Waals surface area (Å²) in [7, 11) is 0. The van der Waals surface area contributed by atoms with Crippen LogP contribution in [0.2, 0.25) is 0 Å². The topological polar surface area (TPSA) is 264 Å². The summed E-state index contributed by atoms with van der Waals surface area (Å²) < 4.78 is 35.2. The summed E-state index contributed by atoms with van der Waals surface area (Å²) in [6.07, 6.45) is 41.7. The predicted molar refractivity (Wildman–Crippen MR) is 410 cm³/mol. The van der Waals surface area contributed by atoms with Gasteiger partial charge >= 0.3 is 18.3 Å². The predicted octanol–water partition coefficient (Wildman–Crippen LogP) is 19.2. The van der Waals surface area contributed by atoms with E-state index in [1.54, 1.807) is 0 Å². The first-order valence-electron chi connectivity index (χ1n) is 40.0. The van der Waals surface area contributed by atoms with Crippen molar-refractivity contribution in [3.63, 3.8) is 0 Å². The van der Waals surface area contributed by atoms with Crippen LogP contribution in [-0.4, -0.2) is 108 Å². The average Bonchev–Trinajstić information content (AvgIpc) is 0.780. The molecule has 0 saturated heterocycles. The maximum atomic E-state index is 12.3. The van der Waals surface area contributed by atoms with Crippen LogP contribution in [0.25, 0.3) is 33.4 Å². The van der Waals surface area contributed by atoms with Gasteiger partial charge in [0.1, 0.15) is 17.2 Å². The van der Waals surface area contributed by atoms with Gasteiger partial charge in [-0.05, 0) is 165 Å². The highest BCUT2D eigenvalue weighted by Crippen LogP contribution is 2.41. The lowest BCUT2D eigenvalue weighted by atomic mass is 9.89. The van der Waals surface area contributed by atoms with E-state index in [9.17, 15) is 45.0 Å². The number of hydrogen-bond donors (Lipinski definition) is 9. The van der Waals surface area contributed by atoms with Crippen molar-refractivity contribution >= 4 is 18.3 Å². The van der Waals surface area contributed by atoms with Crippen molar-refractivity contribution in [2.24, 2.45) is 0 Å². The second-order valence-corrected chi connectivity index (χ2v) is 27.6. The molecule has 0 aromatic heterocycles. The molecular formula is C84H135N3O15. The second-order valence-electron chi connectivity index (χ2n) is 27.6. The number of benzene rings is 4. The van der Waals surface area contributed by atoms with Gasteiger partial charge in [0, 0.05) is 53.0 Å². The molecule has 0 radical (unpaired) electrons. The van der Waals surface area contributed by atoms with E-state index in [1.807, 2.05) is 54.6 Å². The lowest BCUT2D eigenvalue weighted by Gasteiger charge is -2.20. The fraction of sp³-hybridized carbons (Fsp3) is 0.679. The minimum absolute atomic E-state index is 0.283. The molecule has 4 aromatic rings. The molecule has 18 nitrogen and oxygen atoms in total. The summed E-state index contributed by atoms with van der Waals surface area (Å²) >= 11 is 0. The van der Waals surface area contributed by atoms with Gasteiger partial charge in [-0.25, -0.2) is 14.4 Å². The Bertz CT molecular complexity index is 2460. The Balaban J connectivity index is 1.44. The zero-order chi connectivity index (χ0) is 73.3. The van der Waals surface area contributed by atoms with E-state index < -0.39 is 18.3 Å². The van der Waals surface area contributed by atoms with Gasteiger partial charge in [0.05, 0.1) is 79.3 Å². The molecule has 0 bridgehead atoms. The number of amides is 3. The van der Waals surface area contributed by atoms with Crippen molar-refractivity contribution in [3.05, 3.63) is 88.0 Å².